The number of cyclic esters (lactones) is 1. The molecule has 1 heterocycles. The maximum Gasteiger partial charge on any atom is 0.378 e. The van der Waals surface area contributed by atoms with E-state index in [2.05, 4.69) is 4.74 Å². The number of carbonyl (C=O) groups excluding carboxylic acids is 1. The predicted molar refractivity (Wildman–Crippen MR) is 51.7 cm³/mol. The van der Waals surface area contributed by atoms with Crippen molar-refractivity contribution < 1.29 is 39.8 Å². The van der Waals surface area contributed by atoms with Crippen molar-refractivity contribution in [1.82, 2.24) is 0 Å². The quantitative estimate of drug-likeness (QED) is 0.324. The average molecular weight is 250 g/mol. The van der Waals surface area contributed by atoms with Crippen LogP contribution in [0.3, 0.4) is 0 Å². The Balaban J connectivity index is 2.72. The zero-order valence-corrected chi connectivity index (χ0v) is 8.81. The van der Waals surface area contributed by atoms with E-state index in [0.717, 1.165) is 0 Å². The number of hydrogen-bond donors (Lipinski definition) is 5. The number of aliphatic hydroxyl groups is 5. The van der Waals surface area contributed by atoms with Crippen LogP contribution in [0.25, 0.3) is 0 Å². The fraction of sp³-hybridized carbons (Fsp3) is 0.667. The summed E-state index contributed by atoms with van der Waals surface area (Å²) in [6, 6.07) is 0. The lowest BCUT2D eigenvalue weighted by molar-refractivity contribution is -0.148. The Morgan fingerprint density at radius 2 is 1.94 bits per heavy atom. The number of hydrogen-bond acceptors (Lipinski definition) is 8. The molecule has 1 rings (SSSR count). The zero-order valence-electron chi connectivity index (χ0n) is 8.81. The van der Waals surface area contributed by atoms with Gasteiger partial charge in [-0.05, 0) is 0 Å². The predicted octanol–water partition coefficient (Wildman–Crippen LogP) is -2.60. The molecule has 17 heavy (non-hydrogen) atoms. The van der Waals surface area contributed by atoms with Crippen LogP contribution in [-0.4, -0.2) is 69.6 Å². The first-order valence-electron chi connectivity index (χ1n) is 4.86. The van der Waals surface area contributed by atoms with Crippen LogP contribution >= 0.6 is 0 Å². The molecule has 1 aliphatic heterocycles. The minimum absolute atomic E-state index is 0.371. The highest BCUT2D eigenvalue weighted by Gasteiger charge is 2.40. The molecule has 8 nitrogen and oxygen atoms in total. The molecule has 0 aliphatic carbocycles. The van der Waals surface area contributed by atoms with Gasteiger partial charge in [0, 0.05) is 0 Å². The summed E-state index contributed by atoms with van der Waals surface area (Å²) in [6.45, 7) is -1.64. The van der Waals surface area contributed by atoms with Crippen LogP contribution in [-0.2, 0) is 14.3 Å². The monoisotopic (exact) mass is 250 g/mol. The van der Waals surface area contributed by atoms with Gasteiger partial charge in [0.15, 0.2) is 11.9 Å². The molecule has 98 valence electrons. The summed E-state index contributed by atoms with van der Waals surface area (Å²) in [5.41, 5.74) is 0. The normalized spacial score (nSPS) is 23.5. The Kier molecular flexibility index (Phi) is 4.70. The van der Waals surface area contributed by atoms with Gasteiger partial charge in [-0.15, -0.1) is 0 Å². The molecule has 0 aromatic heterocycles. The van der Waals surface area contributed by atoms with Crippen molar-refractivity contribution in [3.63, 3.8) is 0 Å². The molecule has 0 saturated carbocycles. The first kappa shape index (κ1) is 13.7. The second kappa shape index (κ2) is 5.82. The van der Waals surface area contributed by atoms with Crippen LogP contribution in [0.2, 0.25) is 0 Å². The minimum Gasteiger partial charge on any atom is -0.499 e. The Morgan fingerprint density at radius 1 is 1.29 bits per heavy atom. The topological polar surface area (TPSA) is 137 Å². The van der Waals surface area contributed by atoms with Gasteiger partial charge in [-0.25, -0.2) is 4.79 Å². The SMILES string of the molecule is O=C1OC(C(O)CO)C(OCC(O)CO)=C1O. The highest BCUT2D eigenvalue weighted by Crippen LogP contribution is 2.24. The zero-order chi connectivity index (χ0) is 13.0. The minimum atomic E-state index is -1.44. The molecule has 0 saturated heterocycles. The lowest BCUT2D eigenvalue weighted by Crippen LogP contribution is -2.33. The van der Waals surface area contributed by atoms with Crippen LogP contribution in [0, 0.1) is 0 Å². The smallest absolute Gasteiger partial charge is 0.378 e. The van der Waals surface area contributed by atoms with Crippen molar-refractivity contribution in [3.05, 3.63) is 11.5 Å². The van der Waals surface area contributed by atoms with Gasteiger partial charge in [-0.1, -0.05) is 0 Å². The number of aliphatic hydroxyl groups excluding tert-OH is 5. The fourth-order valence-corrected chi connectivity index (χ4v) is 1.20. The summed E-state index contributed by atoms with van der Waals surface area (Å²) in [5.74, 6) is -2.28. The lowest BCUT2D eigenvalue weighted by atomic mass is 10.2. The van der Waals surface area contributed by atoms with E-state index in [1.165, 1.54) is 0 Å². The van der Waals surface area contributed by atoms with Crippen LogP contribution in [0.1, 0.15) is 0 Å². The van der Waals surface area contributed by atoms with Gasteiger partial charge in [0.1, 0.15) is 18.8 Å². The third kappa shape index (κ3) is 3.07. The molecule has 0 aromatic carbocycles. The molecule has 0 amide bonds. The molecule has 1 aliphatic rings. The molecule has 0 bridgehead atoms. The van der Waals surface area contributed by atoms with E-state index in [9.17, 15) is 15.0 Å². The van der Waals surface area contributed by atoms with Gasteiger partial charge >= 0.3 is 5.97 Å². The van der Waals surface area contributed by atoms with Gasteiger partial charge in [0.25, 0.3) is 0 Å². The third-order valence-corrected chi connectivity index (χ3v) is 2.10. The maximum atomic E-state index is 11.0. The molecular formula is C9H14O8. The summed E-state index contributed by atoms with van der Waals surface area (Å²) in [7, 11) is 0. The second-order valence-corrected chi connectivity index (χ2v) is 3.44. The Morgan fingerprint density at radius 3 is 2.47 bits per heavy atom. The molecule has 5 N–H and O–H groups in total. The highest BCUT2D eigenvalue weighted by molar-refractivity contribution is 5.89. The fourth-order valence-electron chi connectivity index (χ4n) is 1.20. The van der Waals surface area contributed by atoms with E-state index in [-0.39, 0.29) is 12.4 Å². The summed E-state index contributed by atoms with van der Waals surface area (Å²) in [4.78, 5) is 11.0. The highest BCUT2D eigenvalue weighted by atomic mass is 16.6. The summed E-state index contributed by atoms with van der Waals surface area (Å²) < 4.78 is 9.44. The van der Waals surface area contributed by atoms with Crippen LogP contribution in [0.5, 0.6) is 0 Å². The van der Waals surface area contributed by atoms with E-state index in [0.29, 0.717) is 0 Å². The molecule has 0 aromatic rings. The molecule has 8 heteroatoms. The van der Waals surface area contributed by atoms with E-state index in [1.54, 1.807) is 0 Å². The first-order valence-corrected chi connectivity index (χ1v) is 4.86. The van der Waals surface area contributed by atoms with E-state index in [1.807, 2.05) is 0 Å². The number of carbonyl (C=O) groups is 1. The van der Waals surface area contributed by atoms with E-state index < -0.39 is 43.3 Å². The van der Waals surface area contributed by atoms with Crippen LogP contribution < -0.4 is 0 Å². The Hall–Kier alpha value is -1.35. The van der Waals surface area contributed by atoms with Crippen molar-refractivity contribution in [2.45, 2.75) is 18.3 Å². The molecule has 3 atom stereocenters. The summed E-state index contributed by atoms with van der Waals surface area (Å²) in [5, 5.41) is 44.9. The summed E-state index contributed by atoms with van der Waals surface area (Å²) >= 11 is 0. The molecule has 0 fully saturated rings. The van der Waals surface area contributed by atoms with Crippen molar-refractivity contribution in [2.75, 3.05) is 19.8 Å². The van der Waals surface area contributed by atoms with Gasteiger partial charge in [-0.2, -0.15) is 0 Å². The molecule has 0 radical (unpaired) electrons. The number of rotatable bonds is 6. The molecule has 0 spiro atoms. The average Bonchev–Trinajstić information content (AvgIpc) is 2.62. The van der Waals surface area contributed by atoms with Crippen LogP contribution in [0.15, 0.2) is 11.5 Å². The number of esters is 1. The summed E-state index contributed by atoms with van der Waals surface area (Å²) in [6.07, 6.45) is -3.96. The first-order chi connectivity index (χ1) is 8.01. The molecular weight excluding hydrogens is 236 g/mol. The second-order valence-electron chi connectivity index (χ2n) is 3.44. The lowest BCUT2D eigenvalue weighted by Gasteiger charge is -2.19. The van der Waals surface area contributed by atoms with Gasteiger partial charge in [0.05, 0.1) is 13.2 Å². The van der Waals surface area contributed by atoms with Gasteiger partial charge in [0.2, 0.25) is 5.76 Å². The van der Waals surface area contributed by atoms with Crippen molar-refractivity contribution in [3.8, 4) is 0 Å². The third-order valence-electron chi connectivity index (χ3n) is 2.10. The largest absolute Gasteiger partial charge is 0.499 e. The van der Waals surface area contributed by atoms with Crippen molar-refractivity contribution in [2.24, 2.45) is 0 Å². The number of ether oxygens (including phenoxy) is 2. The standard InChI is InChI=1S/C9H14O8/c10-1-4(12)3-16-8-6(14)9(15)17-7(8)5(13)2-11/h4-5,7,10-14H,1-3H2. The van der Waals surface area contributed by atoms with Crippen LogP contribution in [0.4, 0.5) is 0 Å². The van der Waals surface area contributed by atoms with Crippen molar-refractivity contribution >= 4 is 5.97 Å². The molecule has 3 unspecified atom stereocenters. The van der Waals surface area contributed by atoms with E-state index >= 15 is 0 Å². The maximum absolute atomic E-state index is 11.0. The van der Waals surface area contributed by atoms with Gasteiger partial charge < -0.3 is 35.0 Å². The van der Waals surface area contributed by atoms with Crippen molar-refractivity contribution in [1.29, 1.82) is 0 Å². The Labute approximate surface area is 96.3 Å². The van der Waals surface area contributed by atoms with Gasteiger partial charge in [-0.3, -0.25) is 0 Å². The van der Waals surface area contributed by atoms with E-state index in [4.69, 9.17) is 20.1 Å². The Bertz CT molecular complexity index is 312.